The lowest BCUT2D eigenvalue weighted by atomic mass is 9.76. The van der Waals surface area contributed by atoms with Crippen molar-refractivity contribution in [3.8, 4) is 0 Å². The van der Waals surface area contributed by atoms with Gasteiger partial charge in [-0.1, -0.05) is 17.7 Å². The van der Waals surface area contributed by atoms with Gasteiger partial charge < -0.3 is 14.2 Å². The lowest BCUT2D eigenvalue weighted by Crippen LogP contribution is -2.52. The molecule has 2 bridgehead atoms. The molecule has 2 fully saturated rings. The summed E-state index contributed by atoms with van der Waals surface area (Å²) in [4.78, 5) is 50.4. The molecule has 0 aliphatic carbocycles. The van der Waals surface area contributed by atoms with Gasteiger partial charge in [-0.05, 0) is 30.3 Å². The summed E-state index contributed by atoms with van der Waals surface area (Å²) in [5.41, 5.74) is -1.18. The molecule has 0 saturated carbocycles. The summed E-state index contributed by atoms with van der Waals surface area (Å²) >= 11 is 5.89. The third kappa shape index (κ3) is 2.63. The zero-order valence-electron chi connectivity index (χ0n) is 15.0. The normalized spacial score (nSPS) is 30.1. The van der Waals surface area contributed by atoms with Gasteiger partial charge in [0.05, 0.1) is 23.6 Å². The van der Waals surface area contributed by atoms with Crippen molar-refractivity contribution < 1.29 is 33.4 Å². The van der Waals surface area contributed by atoms with Crippen LogP contribution in [0.1, 0.15) is 13.8 Å². The Morgan fingerprint density at radius 3 is 2.29 bits per heavy atom. The van der Waals surface area contributed by atoms with Crippen molar-refractivity contribution in [2.45, 2.75) is 31.8 Å². The Bertz CT molecular complexity index is 895. The van der Waals surface area contributed by atoms with E-state index in [4.69, 9.17) is 25.8 Å². The van der Waals surface area contributed by atoms with Crippen LogP contribution in [-0.4, -0.2) is 41.7 Å². The molecule has 4 rings (SSSR count). The summed E-state index contributed by atoms with van der Waals surface area (Å²) in [5, 5.41) is 0.467. The number of esters is 2. The number of carbonyl (C=O) groups excluding carboxylic acids is 4. The van der Waals surface area contributed by atoms with E-state index in [1.807, 2.05) is 0 Å². The van der Waals surface area contributed by atoms with E-state index in [2.05, 4.69) is 0 Å². The minimum atomic E-state index is -1.55. The Morgan fingerprint density at radius 1 is 1.11 bits per heavy atom. The van der Waals surface area contributed by atoms with Crippen LogP contribution in [0.15, 0.2) is 36.4 Å². The van der Waals surface area contributed by atoms with Gasteiger partial charge >= 0.3 is 11.9 Å². The van der Waals surface area contributed by atoms with Crippen LogP contribution in [-0.2, 0) is 33.4 Å². The third-order valence-electron chi connectivity index (χ3n) is 5.08. The van der Waals surface area contributed by atoms with Crippen molar-refractivity contribution in [2.75, 3.05) is 4.90 Å². The van der Waals surface area contributed by atoms with Crippen LogP contribution in [0.4, 0.5) is 5.69 Å². The van der Waals surface area contributed by atoms with Gasteiger partial charge in [-0.2, -0.15) is 0 Å². The van der Waals surface area contributed by atoms with Gasteiger partial charge in [-0.15, -0.1) is 0 Å². The standard InChI is InChI=1S/C19H16ClNO7/c1-9(22)26-18(27-10(2)23)19-8-7-13(28-19)14-15(19)17(25)21(16(14)24)12-5-3-11(20)4-6-12/h3-8,13-15,18H,1-2H3/t13-,14+,15-,19+/m0/s1. The van der Waals surface area contributed by atoms with Gasteiger partial charge in [-0.3, -0.25) is 19.2 Å². The number of carbonyl (C=O) groups is 4. The number of amides is 2. The Hall–Kier alpha value is -2.71. The number of benzene rings is 1. The Labute approximate surface area is 165 Å². The number of ether oxygens (including phenoxy) is 3. The fourth-order valence-corrected chi connectivity index (χ4v) is 4.19. The number of nitrogens with zero attached hydrogens (tertiary/aromatic N) is 1. The molecule has 0 unspecified atom stereocenters. The molecular formula is C19H16ClNO7. The minimum absolute atomic E-state index is 0.375. The number of anilines is 1. The molecule has 3 aliphatic rings. The molecule has 3 aliphatic heterocycles. The molecular weight excluding hydrogens is 390 g/mol. The monoisotopic (exact) mass is 405 g/mol. The SMILES string of the molecule is CC(=O)OC(OC(C)=O)[C@]12C=C[C@H](O1)[C@H]1C(=O)N(c3ccc(Cl)cc3)C(=O)[C@H]12. The van der Waals surface area contributed by atoms with Crippen molar-refractivity contribution in [2.24, 2.45) is 11.8 Å². The van der Waals surface area contributed by atoms with Crippen molar-refractivity contribution in [1.82, 2.24) is 0 Å². The summed E-state index contributed by atoms with van der Waals surface area (Å²) in [6.07, 6.45) is 0.983. The summed E-state index contributed by atoms with van der Waals surface area (Å²) in [6, 6.07) is 6.28. The maximum atomic E-state index is 13.2. The number of rotatable bonds is 4. The zero-order valence-corrected chi connectivity index (χ0v) is 15.7. The second kappa shape index (κ2) is 6.42. The highest BCUT2D eigenvalue weighted by atomic mass is 35.5. The molecule has 0 radical (unpaired) electrons. The van der Waals surface area contributed by atoms with Crippen LogP contribution in [0, 0.1) is 11.8 Å². The highest BCUT2D eigenvalue weighted by Gasteiger charge is 2.72. The lowest BCUT2D eigenvalue weighted by molar-refractivity contribution is -0.226. The lowest BCUT2D eigenvalue weighted by Gasteiger charge is -2.34. The number of hydrogen-bond donors (Lipinski definition) is 0. The zero-order chi connectivity index (χ0) is 20.2. The molecule has 1 aromatic carbocycles. The number of imide groups is 1. The fraction of sp³-hybridized carbons (Fsp3) is 0.368. The molecule has 2 saturated heterocycles. The second-order valence-electron chi connectivity index (χ2n) is 6.84. The first-order valence-electron chi connectivity index (χ1n) is 8.59. The summed E-state index contributed by atoms with van der Waals surface area (Å²) in [5.74, 6) is -4.17. The molecule has 0 spiro atoms. The predicted octanol–water partition coefficient (Wildman–Crippen LogP) is 1.61. The van der Waals surface area contributed by atoms with Gasteiger partial charge in [0.2, 0.25) is 11.8 Å². The number of halogens is 1. The quantitative estimate of drug-likeness (QED) is 0.324. The summed E-state index contributed by atoms with van der Waals surface area (Å²) < 4.78 is 16.2. The van der Waals surface area contributed by atoms with Crippen molar-refractivity contribution in [3.63, 3.8) is 0 Å². The van der Waals surface area contributed by atoms with Crippen LogP contribution in [0.25, 0.3) is 0 Å². The maximum absolute atomic E-state index is 13.2. The van der Waals surface area contributed by atoms with Crippen LogP contribution >= 0.6 is 11.6 Å². The first kappa shape index (κ1) is 18.6. The van der Waals surface area contributed by atoms with E-state index in [0.717, 1.165) is 18.7 Å². The van der Waals surface area contributed by atoms with E-state index in [1.54, 1.807) is 30.3 Å². The van der Waals surface area contributed by atoms with Gasteiger partial charge in [0.15, 0.2) is 5.60 Å². The van der Waals surface area contributed by atoms with Crippen LogP contribution < -0.4 is 4.90 Å². The van der Waals surface area contributed by atoms with Crippen LogP contribution in [0.3, 0.4) is 0 Å². The molecule has 3 heterocycles. The fourth-order valence-electron chi connectivity index (χ4n) is 4.06. The van der Waals surface area contributed by atoms with Gasteiger partial charge in [0, 0.05) is 18.9 Å². The van der Waals surface area contributed by atoms with Crippen LogP contribution in [0.5, 0.6) is 0 Å². The molecule has 0 aromatic heterocycles. The average molecular weight is 406 g/mol. The minimum Gasteiger partial charge on any atom is -0.422 e. The van der Waals surface area contributed by atoms with E-state index >= 15 is 0 Å². The van der Waals surface area contributed by atoms with E-state index in [9.17, 15) is 19.2 Å². The highest BCUT2D eigenvalue weighted by Crippen LogP contribution is 2.54. The highest BCUT2D eigenvalue weighted by molar-refractivity contribution is 6.31. The van der Waals surface area contributed by atoms with Gasteiger partial charge in [0.1, 0.15) is 0 Å². The molecule has 0 N–H and O–H groups in total. The molecule has 146 valence electrons. The topological polar surface area (TPSA) is 99.2 Å². The summed E-state index contributed by atoms with van der Waals surface area (Å²) in [7, 11) is 0. The largest absolute Gasteiger partial charge is 0.422 e. The van der Waals surface area contributed by atoms with E-state index in [0.29, 0.717) is 10.7 Å². The van der Waals surface area contributed by atoms with E-state index < -0.39 is 53.6 Å². The number of hydrogen-bond acceptors (Lipinski definition) is 7. The molecule has 9 heteroatoms. The van der Waals surface area contributed by atoms with E-state index in [-0.39, 0.29) is 0 Å². The predicted molar refractivity (Wildman–Crippen MR) is 95.0 cm³/mol. The Kier molecular flexibility index (Phi) is 4.28. The van der Waals surface area contributed by atoms with Crippen molar-refractivity contribution in [3.05, 3.63) is 41.4 Å². The number of fused-ring (bicyclic) bond motifs is 5. The van der Waals surface area contributed by atoms with E-state index in [1.165, 1.54) is 6.08 Å². The maximum Gasteiger partial charge on any atom is 0.305 e. The Morgan fingerprint density at radius 2 is 1.71 bits per heavy atom. The molecule has 2 amide bonds. The van der Waals surface area contributed by atoms with Gasteiger partial charge in [-0.25, -0.2) is 4.90 Å². The smallest absolute Gasteiger partial charge is 0.305 e. The van der Waals surface area contributed by atoms with Gasteiger partial charge in [0.25, 0.3) is 6.29 Å². The second-order valence-corrected chi connectivity index (χ2v) is 7.27. The first-order valence-corrected chi connectivity index (χ1v) is 8.97. The van der Waals surface area contributed by atoms with Crippen LogP contribution in [0.2, 0.25) is 5.02 Å². The Balaban J connectivity index is 1.74. The third-order valence-corrected chi connectivity index (χ3v) is 5.33. The molecule has 1 aromatic rings. The summed E-state index contributed by atoms with van der Waals surface area (Å²) in [6.45, 7) is 2.30. The first-order chi connectivity index (χ1) is 13.2. The average Bonchev–Trinajstić information content (AvgIpc) is 3.26. The van der Waals surface area contributed by atoms with Crippen molar-refractivity contribution >= 4 is 41.0 Å². The molecule has 4 atom stereocenters. The van der Waals surface area contributed by atoms with Crippen molar-refractivity contribution in [1.29, 1.82) is 0 Å². The molecule has 28 heavy (non-hydrogen) atoms. The molecule has 8 nitrogen and oxygen atoms in total.